The van der Waals surface area contributed by atoms with E-state index >= 15 is 0 Å². The highest BCUT2D eigenvalue weighted by atomic mass is 35.5. The quantitative estimate of drug-likeness (QED) is 0.502. The summed E-state index contributed by atoms with van der Waals surface area (Å²) in [5, 5.41) is 0.667. The van der Waals surface area contributed by atoms with E-state index in [0.29, 0.717) is 5.03 Å². The van der Waals surface area contributed by atoms with E-state index in [2.05, 4.69) is 13.2 Å². The van der Waals surface area contributed by atoms with E-state index in [1.165, 1.54) is 0 Å². The van der Waals surface area contributed by atoms with Crippen LogP contribution in [0.1, 0.15) is 6.92 Å². The van der Waals surface area contributed by atoms with Crippen LogP contribution in [-0.4, -0.2) is 0 Å². The molecule has 0 atom stereocenters. The monoisotopic (exact) mass is 128 g/mol. The fourth-order valence-electron chi connectivity index (χ4n) is 0.258. The average Bonchev–Trinajstić information content (AvgIpc) is 1.84. The molecule has 0 aromatic carbocycles. The SMILES string of the molecule is C=C/C(C)=C(/Cl)C=C. The van der Waals surface area contributed by atoms with E-state index in [1.807, 2.05) is 6.92 Å². The Morgan fingerprint density at radius 3 is 2.00 bits per heavy atom. The second-order valence-corrected chi connectivity index (χ2v) is 1.85. The van der Waals surface area contributed by atoms with E-state index < -0.39 is 0 Å². The molecule has 0 spiro atoms. The third-order valence-electron chi connectivity index (χ3n) is 0.862. The van der Waals surface area contributed by atoms with Crippen molar-refractivity contribution in [1.29, 1.82) is 0 Å². The zero-order valence-electron chi connectivity index (χ0n) is 4.95. The Labute approximate surface area is 55.2 Å². The van der Waals surface area contributed by atoms with Crippen LogP contribution in [0.2, 0.25) is 0 Å². The van der Waals surface area contributed by atoms with Crippen LogP contribution in [0.5, 0.6) is 0 Å². The normalized spacial score (nSPS) is 12.2. The van der Waals surface area contributed by atoms with Crippen LogP contribution in [0.15, 0.2) is 35.9 Å². The lowest BCUT2D eigenvalue weighted by molar-refractivity contribution is 1.51. The second-order valence-electron chi connectivity index (χ2n) is 1.44. The van der Waals surface area contributed by atoms with Gasteiger partial charge in [-0.15, -0.1) is 0 Å². The number of hydrogen-bond donors (Lipinski definition) is 0. The molecule has 0 heterocycles. The molecule has 0 radical (unpaired) electrons. The summed E-state index contributed by atoms with van der Waals surface area (Å²) in [7, 11) is 0. The highest BCUT2D eigenvalue weighted by molar-refractivity contribution is 6.31. The van der Waals surface area contributed by atoms with Gasteiger partial charge in [-0.05, 0) is 12.5 Å². The lowest BCUT2D eigenvalue weighted by Crippen LogP contribution is -1.68. The molecule has 8 heavy (non-hydrogen) atoms. The summed E-state index contributed by atoms with van der Waals surface area (Å²) in [4.78, 5) is 0. The maximum absolute atomic E-state index is 5.61. The highest BCUT2D eigenvalue weighted by Gasteiger charge is 1.85. The first-order valence-corrected chi connectivity index (χ1v) is 2.71. The fourth-order valence-corrected chi connectivity index (χ4v) is 0.336. The Balaban J connectivity index is 4.25. The molecule has 0 aliphatic heterocycles. The van der Waals surface area contributed by atoms with Gasteiger partial charge in [0.1, 0.15) is 0 Å². The van der Waals surface area contributed by atoms with Crippen LogP contribution in [0, 0.1) is 0 Å². The van der Waals surface area contributed by atoms with Gasteiger partial charge in [-0.3, -0.25) is 0 Å². The number of hydrogen-bond acceptors (Lipinski definition) is 0. The molecule has 0 saturated heterocycles. The van der Waals surface area contributed by atoms with Crippen LogP contribution in [0.3, 0.4) is 0 Å². The molecular weight excluding hydrogens is 120 g/mol. The maximum Gasteiger partial charge on any atom is 0.0429 e. The minimum atomic E-state index is 0.667. The summed E-state index contributed by atoms with van der Waals surface area (Å²) in [6.45, 7) is 8.92. The van der Waals surface area contributed by atoms with Crippen LogP contribution in [-0.2, 0) is 0 Å². The smallest absolute Gasteiger partial charge is 0.0429 e. The predicted octanol–water partition coefficient (Wildman–Crippen LogP) is 2.87. The summed E-state index contributed by atoms with van der Waals surface area (Å²) in [6.07, 6.45) is 3.29. The minimum Gasteiger partial charge on any atom is -0.0987 e. The first kappa shape index (κ1) is 7.51. The molecular formula is C7H9Cl. The largest absolute Gasteiger partial charge is 0.0987 e. The van der Waals surface area contributed by atoms with Crippen molar-refractivity contribution in [2.24, 2.45) is 0 Å². The van der Waals surface area contributed by atoms with Gasteiger partial charge in [0.2, 0.25) is 0 Å². The summed E-state index contributed by atoms with van der Waals surface area (Å²) in [5.41, 5.74) is 0.960. The Morgan fingerprint density at radius 2 is 1.88 bits per heavy atom. The van der Waals surface area contributed by atoms with E-state index in [9.17, 15) is 0 Å². The standard InChI is InChI=1S/C7H9Cl/c1-4-6(3)7(8)5-2/h4-5H,1-2H2,3H3/b7-6+. The minimum absolute atomic E-state index is 0.667. The van der Waals surface area contributed by atoms with Gasteiger partial charge in [0, 0.05) is 5.03 Å². The van der Waals surface area contributed by atoms with Gasteiger partial charge >= 0.3 is 0 Å². The lowest BCUT2D eigenvalue weighted by atomic mass is 10.3. The number of rotatable bonds is 2. The highest BCUT2D eigenvalue weighted by Crippen LogP contribution is 2.09. The zero-order valence-corrected chi connectivity index (χ0v) is 5.70. The van der Waals surface area contributed by atoms with Crippen LogP contribution in [0.25, 0.3) is 0 Å². The zero-order chi connectivity index (χ0) is 6.57. The van der Waals surface area contributed by atoms with Crippen LogP contribution >= 0.6 is 11.6 Å². The van der Waals surface area contributed by atoms with Crippen molar-refractivity contribution >= 4 is 11.6 Å². The summed E-state index contributed by atoms with van der Waals surface area (Å²) < 4.78 is 0. The molecule has 0 aliphatic rings. The topological polar surface area (TPSA) is 0 Å². The van der Waals surface area contributed by atoms with Gasteiger partial charge in [0.25, 0.3) is 0 Å². The lowest BCUT2D eigenvalue weighted by Gasteiger charge is -1.89. The first-order valence-electron chi connectivity index (χ1n) is 2.33. The maximum atomic E-state index is 5.61. The van der Waals surface area contributed by atoms with Crippen molar-refractivity contribution in [3.63, 3.8) is 0 Å². The fraction of sp³-hybridized carbons (Fsp3) is 0.143. The van der Waals surface area contributed by atoms with Gasteiger partial charge in [0.05, 0.1) is 0 Å². The molecule has 0 nitrogen and oxygen atoms in total. The van der Waals surface area contributed by atoms with Crippen molar-refractivity contribution in [2.45, 2.75) is 6.92 Å². The molecule has 44 valence electrons. The first-order chi connectivity index (χ1) is 3.72. The molecule has 0 rings (SSSR count). The Hall–Kier alpha value is -0.490. The van der Waals surface area contributed by atoms with Crippen LogP contribution < -0.4 is 0 Å². The van der Waals surface area contributed by atoms with Crippen molar-refractivity contribution in [2.75, 3.05) is 0 Å². The summed E-state index contributed by atoms with van der Waals surface area (Å²) in [6, 6.07) is 0. The Kier molecular flexibility index (Phi) is 3.29. The van der Waals surface area contributed by atoms with Gasteiger partial charge in [-0.2, -0.15) is 0 Å². The predicted molar refractivity (Wildman–Crippen MR) is 38.9 cm³/mol. The second kappa shape index (κ2) is 3.50. The van der Waals surface area contributed by atoms with E-state index in [4.69, 9.17) is 11.6 Å². The molecule has 0 N–H and O–H groups in total. The average molecular weight is 129 g/mol. The molecule has 0 aromatic heterocycles. The molecule has 0 amide bonds. The van der Waals surface area contributed by atoms with Gasteiger partial charge in [0.15, 0.2) is 0 Å². The van der Waals surface area contributed by atoms with Crippen molar-refractivity contribution in [3.05, 3.63) is 35.9 Å². The van der Waals surface area contributed by atoms with Gasteiger partial charge in [-0.25, -0.2) is 0 Å². The molecule has 0 bridgehead atoms. The molecule has 0 fully saturated rings. The summed E-state index contributed by atoms with van der Waals surface area (Å²) in [5.74, 6) is 0. The number of allylic oxidation sites excluding steroid dienone is 4. The molecule has 0 saturated carbocycles. The third-order valence-corrected chi connectivity index (χ3v) is 1.31. The third kappa shape index (κ3) is 1.99. The van der Waals surface area contributed by atoms with Crippen molar-refractivity contribution < 1.29 is 0 Å². The summed E-state index contributed by atoms with van der Waals surface area (Å²) >= 11 is 5.61. The van der Waals surface area contributed by atoms with Crippen molar-refractivity contribution in [1.82, 2.24) is 0 Å². The Bertz CT molecular complexity index is 115. The molecule has 0 aliphatic carbocycles. The molecule has 0 unspecified atom stereocenters. The Morgan fingerprint density at radius 1 is 1.38 bits per heavy atom. The van der Waals surface area contributed by atoms with Crippen LogP contribution in [0.4, 0.5) is 0 Å². The van der Waals surface area contributed by atoms with Gasteiger partial charge in [-0.1, -0.05) is 36.9 Å². The van der Waals surface area contributed by atoms with Gasteiger partial charge < -0.3 is 0 Å². The van der Waals surface area contributed by atoms with Crippen molar-refractivity contribution in [3.8, 4) is 0 Å². The molecule has 0 aromatic rings. The van der Waals surface area contributed by atoms with E-state index in [-0.39, 0.29) is 0 Å². The number of halogens is 1. The molecule has 1 heteroatoms. The van der Waals surface area contributed by atoms with E-state index in [0.717, 1.165) is 5.57 Å². The van der Waals surface area contributed by atoms with E-state index in [1.54, 1.807) is 12.2 Å².